The minimum atomic E-state index is 0.111. The number of likely N-dealkylation sites (N-methyl/N-ethyl adjacent to an activating group) is 1. The van der Waals surface area contributed by atoms with Crippen molar-refractivity contribution in [3.63, 3.8) is 0 Å². The molecule has 1 N–H and O–H groups in total. The summed E-state index contributed by atoms with van der Waals surface area (Å²) < 4.78 is 5.73. The molecule has 1 unspecified atom stereocenters. The van der Waals surface area contributed by atoms with Gasteiger partial charge in [0.05, 0.1) is 6.10 Å². The number of likely N-dealkylation sites (tertiary alicyclic amines) is 1. The number of ether oxygens (including phenoxy) is 1. The van der Waals surface area contributed by atoms with E-state index in [2.05, 4.69) is 10.3 Å². The van der Waals surface area contributed by atoms with Crippen molar-refractivity contribution in [2.75, 3.05) is 18.9 Å². The van der Waals surface area contributed by atoms with Gasteiger partial charge in [-0.25, -0.2) is 4.98 Å². The van der Waals surface area contributed by atoms with Gasteiger partial charge in [-0.15, -0.1) is 0 Å². The monoisotopic (exact) mass is 263 g/mol. The molecule has 1 aliphatic rings. The molecule has 2 rings (SSSR count). The predicted octanol–water partition coefficient (Wildman–Crippen LogP) is 1.90. The first-order chi connectivity index (χ1) is 9.06. The highest BCUT2D eigenvalue weighted by atomic mass is 16.5. The molecule has 104 valence electrons. The molecule has 1 amide bonds. The fraction of sp³-hybridized carbons (Fsp3) is 0.571. The molecule has 1 aromatic rings. The second kappa shape index (κ2) is 5.91. The number of nitrogens with zero attached hydrogens (tertiary/aromatic N) is 2. The van der Waals surface area contributed by atoms with Crippen LogP contribution in [0, 0.1) is 0 Å². The van der Waals surface area contributed by atoms with E-state index in [-0.39, 0.29) is 18.1 Å². The van der Waals surface area contributed by atoms with E-state index < -0.39 is 0 Å². The number of carbonyl (C=O) groups excluding carboxylic acids is 1. The van der Waals surface area contributed by atoms with Crippen LogP contribution in [-0.4, -0.2) is 41.5 Å². The fourth-order valence-electron chi connectivity index (χ4n) is 2.17. The first-order valence-corrected chi connectivity index (χ1v) is 6.68. The lowest BCUT2D eigenvalue weighted by atomic mass is 10.1. The van der Waals surface area contributed by atoms with E-state index in [0.29, 0.717) is 13.0 Å². The fourth-order valence-corrected chi connectivity index (χ4v) is 2.17. The Hall–Kier alpha value is -1.78. The summed E-state index contributed by atoms with van der Waals surface area (Å²) in [4.78, 5) is 17.5. The van der Waals surface area contributed by atoms with Gasteiger partial charge in [0.25, 0.3) is 0 Å². The molecule has 1 aliphatic heterocycles. The molecular formula is C14H21N3O2. The Balaban J connectivity index is 2.04. The third-order valence-electron chi connectivity index (χ3n) is 3.10. The van der Waals surface area contributed by atoms with Crippen LogP contribution in [0.3, 0.4) is 0 Å². The number of amides is 1. The molecule has 1 saturated heterocycles. The lowest BCUT2D eigenvalue weighted by Crippen LogP contribution is -2.43. The normalized spacial score (nSPS) is 19.7. The minimum absolute atomic E-state index is 0.111. The molecule has 5 heteroatoms. The molecule has 1 fully saturated rings. The molecule has 19 heavy (non-hydrogen) atoms. The smallest absolute Gasteiger partial charge is 0.222 e. The summed E-state index contributed by atoms with van der Waals surface area (Å²) in [6.45, 7) is 4.68. The molecule has 5 nitrogen and oxygen atoms in total. The number of hydrogen-bond donors (Lipinski definition) is 1. The average Bonchev–Trinajstić information content (AvgIpc) is 2.36. The van der Waals surface area contributed by atoms with Gasteiger partial charge in [0.15, 0.2) is 11.6 Å². The van der Waals surface area contributed by atoms with Gasteiger partial charge in [0.1, 0.15) is 0 Å². The van der Waals surface area contributed by atoms with Gasteiger partial charge in [0, 0.05) is 32.3 Å². The number of pyridine rings is 1. The van der Waals surface area contributed by atoms with Crippen molar-refractivity contribution in [1.29, 1.82) is 0 Å². The summed E-state index contributed by atoms with van der Waals surface area (Å²) in [5, 5.41) is 3.38. The SMILES string of the molecule is CC(C)Oc1cccnc1NC1CCC(=O)N(C)C1. The van der Waals surface area contributed by atoms with Gasteiger partial charge < -0.3 is 15.0 Å². The summed E-state index contributed by atoms with van der Waals surface area (Å²) in [5.41, 5.74) is 0. The highest BCUT2D eigenvalue weighted by Gasteiger charge is 2.23. The highest BCUT2D eigenvalue weighted by Crippen LogP contribution is 2.24. The average molecular weight is 263 g/mol. The number of aromatic nitrogens is 1. The maximum absolute atomic E-state index is 11.5. The third-order valence-corrected chi connectivity index (χ3v) is 3.10. The topological polar surface area (TPSA) is 54.5 Å². The molecule has 0 aromatic carbocycles. The van der Waals surface area contributed by atoms with Crippen LogP contribution in [0.1, 0.15) is 26.7 Å². The van der Waals surface area contributed by atoms with E-state index >= 15 is 0 Å². The Labute approximate surface area is 114 Å². The first kappa shape index (κ1) is 13.6. The van der Waals surface area contributed by atoms with Crippen molar-refractivity contribution in [2.45, 2.75) is 38.8 Å². The number of hydrogen-bond acceptors (Lipinski definition) is 4. The number of piperidine rings is 1. The molecule has 0 aliphatic carbocycles. The van der Waals surface area contributed by atoms with Crippen LogP contribution in [0.15, 0.2) is 18.3 Å². The Kier molecular flexibility index (Phi) is 4.24. The molecule has 0 saturated carbocycles. The predicted molar refractivity (Wildman–Crippen MR) is 74.3 cm³/mol. The van der Waals surface area contributed by atoms with Crippen LogP contribution in [0.25, 0.3) is 0 Å². The van der Waals surface area contributed by atoms with Crippen molar-refractivity contribution in [1.82, 2.24) is 9.88 Å². The zero-order valence-corrected chi connectivity index (χ0v) is 11.7. The van der Waals surface area contributed by atoms with Crippen molar-refractivity contribution in [2.24, 2.45) is 0 Å². The Bertz CT molecular complexity index is 448. The number of rotatable bonds is 4. The zero-order valence-electron chi connectivity index (χ0n) is 11.7. The summed E-state index contributed by atoms with van der Waals surface area (Å²) in [6, 6.07) is 4.00. The van der Waals surface area contributed by atoms with Gasteiger partial charge in [-0.05, 0) is 32.4 Å². The van der Waals surface area contributed by atoms with Crippen molar-refractivity contribution >= 4 is 11.7 Å². The summed E-state index contributed by atoms with van der Waals surface area (Å²) in [6.07, 6.45) is 3.27. The largest absolute Gasteiger partial charge is 0.487 e. The van der Waals surface area contributed by atoms with Crippen LogP contribution in [-0.2, 0) is 4.79 Å². The Morgan fingerprint density at radius 1 is 1.53 bits per heavy atom. The number of anilines is 1. The van der Waals surface area contributed by atoms with E-state index in [1.165, 1.54) is 0 Å². The van der Waals surface area contributed by atoms with Gasteiger partial charge in [-0.3, -0.25) is 4.79 Å². The molecular weight excluding hydrogens is 242 g/mol. The summed E-state index contributed by atoms with van der Waals surface area (Å²) in [7, 11) is 1.83. The first-order valence-electron chi connectivity index (χ1n) is 6.68. The molecule has 0 spiro atoms. The molecule has 0 radical (unpaired) electrons. The summed E-state index contributed by atoms with van der Waals surface area (Å²) >= 11 is 0. The van der Waals surface area contributed by atoms with E-state index in [0.717, 1.165) is 18.0 Å². The molecule has 1 aromatic heterocycles. The zero-order chi connectivity index (χ0) is 13.8. The van der Waals surface area contributed by atoms with Crippen molar-refractivity contribution in [3.8, 4) is 5.75 Å². The number of nitrogens with one attached hydrogen (secondary N) is 1. The van der Waals surface area contributed by atoms with Crippen molar-refractivity contribution in [3.05, 3.63) is 18.3 Å². The van der Waals surface area contributed by atoms with Crippen LogP contribution in [0.2, 0.25) is 0 Å². The van der Waals surface area contributed by atoms with E-state index in [9.17, 15) is 4.79 Å². The Morgan fingerprint density at radius 3 is 3.00 bits per heavy atom. The molecule has 1 atom stereocenters. The van der Waals surface area contributed by atoms with Gasteiger partial charge in [-0.2, -0.15) is 0 Å². The summed E-state index contributed by atoms with van der Waals surface area (Å²) in [5.74, 6) is 1.72. The second-order valence-electron chi connectivity index (χ2n) is 5.17. The maximum Gasteiger partial charge on any atom is 0.222 e. The van der Waals surface area contributed by atoms with Gasteiger partial charge in [0.2, 0.25) is 5.91 Å². The number of carbonyl (C=O) groups is 1. The lowest BCUT2D eigenvalue weighted by molar-refractivity contribution is -0.132. The quantitative estimate of drug-likeness (QED) is 0.901. The van der Waals surface area contributed by atoms with E-state index in [1.54, 1.807) is 11.1 Å². The highest BCUT2D eigenvalue weighted by molar-refractivity contribution is 5.77. The van der Waals surface area contributed by atoms with E-state index in [4.69, 9.17) is 4.74 Å². The van der Waals surface area contributed by atoms with Gasteiger partial charge >= 0.3 is 0 Å². The maximum atomic E-state index is 11.5. The lowest BCUT2D eigenvalue weighted by Gasteiger charge is -2.30. The Morgan fingerprint density at radius 2 is 2.32 bits per heavy atom. The minimum Gasteiger partial charge on any atom is -0.487 e. The third kappa shape index (κ3) is 3.59. The van der Waals surface area contributed by atoms with Crippen LogP contribution < -0.4 is 10.1 Å². The molecule has 0 bridgehead atoms. The molecule has 2 heterocycles. The van der Waals surface area contributed by atoms with Crippen LogP contribution >= 0.6 is 0 Å². The second-order valence-corrected chi connectivity index (χ2v) is 5.17. The van der Waals surface area contributed by atoms with Crippen LogP contribution in [0.4, 0.5) is 5.82 Å². The van der Waals surface area contributed by atoms with E-state index in [1.807, 2.05) is 33.0 Å². The van der Waals surface area contributed by atoms with Crippen LogP contribution in [0.5, 0.6) is 5.75 Å². The standard InChI is InChI=1S/C14H21N3O2/c1-10(2)19-12-5-4-8-15-14(12)16-11-6-7-13(18)17(3)9-11/h4-5,8,10-11H,6-7,9H2,1-3H3,(H,15,16). The van der Waals surface area contributed by atoms with Crippen molar-refractivity contribution < 1.29 is 9.53 Å². The van der Waals surface area contributed by atoms with Gasteiger partial charge in [-0.1, -0.05) is 0 Å².